The first-order valence-corrected chi connectivity index (χ1v) is 5.85. The Morgan fingerprint density at radius 2 is 1.94 bits per heavy atom. The van der Waals surface area contributed by atoms with Gasteiger partial charge in [0.2, 0.25) is 0 Å². The number of hydroxylamine groups is 1. The van der Waals surface area contributed by atoms with Crippen molar-refractivity contribution in [2.24, 2.45) is 5.92 Å². The van der Waals surface area contributed by atoms with Crippen LogP contribution >= 0.6 is 0 Å². The Morgan fingerprint density at radius 3 is 2.50 bits per heavy atom. The summed E-state index contributed by atoms with van der Waals surface area (Å²) in [5.74, 6) is 0.633. The van der Waals surface area contributed by atoms with Crippen molar-refractivity contribution in [2.45, 2.75) is 34.0 Å². The molecule has 0 bridgehead atoms. The van der Waals surface area contributed by atoms with Crippen molar-refractivity contribution >= 4 is 5.91 Å². The van der Waals surface area contributed by atoms with Crippen LogP contribution in [-0.2, 0) is 9.57 Å². The maximum absolute atomic E-state index is 11.6. The van der Waals surface area contributed by atoms with Gasteiger partial charge in [-0.05, 0) is 19.8 Å². The molecule has 100 valence electrons. The van der Waals surface area contributed by atoms with Crippen LogP contribution in [0.25, 0.3) is 0 Å². The highest BCUT2D eigenvalue weighted by atomic mass is 16.8. The standard InChI is InChI=1S/C12H19N3O3/c1-8(2)7-17-10(4)18-15-12(16)11-5-13-9(3)14-6-11/h5-6,8,10H,7H2,1-4H3,(H,15,16). The molecule has 0 radical (unpaired) electrons. The molecule has 1 heterocycles. The SMILES string of the molecule is Cc1ncc(C(=O)NOC(C)OCC(C)C)cn1. The summed E-state index contributed by atoms with van der Waals surface area (Å²) in [6.45, 7) is 8.11. The maximum Gasteiger partial charge on any atom is 0.278 e. The largest absolute Gasteiger partial charge is 0.350 e. The summed E-state index contributed by atoms with van der Waals surface area (Å²) in [4.78, 5) is 24.5. The fourth-order valence-electron chi connectivity index (χ4n) is 1.07. The predicted molar refractivity (Wildman–Crippen MR) is 65.6 cm³/mol. The fourth-order valence-corrected chi connectivity index (χ4v) is 1.07. The summed E-state index contributed by atoms with van der Waals surface area (Å²) >= 11 is 0. The normalized spacial score (nSPS) is 12.5. The Morgan fingerprint density at radius 1 is 1.33 bits per heavy atom. The summed E-state index contributed by atoms with van der Waals surface area (Å²) in [5.41, 5.74) is 2.64. The van der Waals surface area contributed by atoms with Crippen LogP contribution in [0.5, 0.6) is 0 Å². The Labute approximate surface area is 107 Å². The number of nitrogens with one attached hydrogen (secondary N) is 1. The highest BCUT2D eigenvalue weighted by Gasteiger charge is 2.09. The van der Waals surface area contributed by atoms with Gasteiger partial charge in [-0.3, -0.25) is 4.79 Å². The van der Waals surface area contributed by atoms with Gasteiger partial charge in [0.1, 0.15) is 5.82 Å². The molecular weight excluding hydrogens is 234 g/mol. The second-order valence-corrected chi connectivity index (χ2v) is 4.36. The molecule has 0 saturated heterocycles. The molecule has 1 amide bonds. The zero-order valence-corrected chi connectivity index (χ0v) is 11.1. The molecule has 18 heavy (non-hydrogen) atoms. The number of ether oxygens (including phenoxy) is 1. The zero-order valence-electron chi connectivity index (χ0n) is 11.1. The summed E-state index contributed by atoms with van der Waals surface area (Å²) in [6, 6.07) is 0. The summed E-state index contributed by atoms with van der Waals surface area (Å²) in [7, 11) is 0. The molecule has 1 aromatic heterocycles. The molecule has 0 spiro atoms. The number of nitrogens with zero attached hydrogens (tertiary/aromatic N) is 2. The van der Waals surface area contributed by atoms with Gasteiger partial charge in [0.05, 0.1) is 12.2 Å². The van der Waals surface area contributed by atoms with Crippen LogP contribution in [0.3, 0.4) is 0 Å². The molecule has 6 nitrogen and oxygen atoms in total. The summed E-state index contributed by atoms with van der Waals surface area (Å²) < 4.78 is 5.34. The van der Waals surface area contributed by atoms with Gasteiger partial charge in [-0.2, -0.15) is 0 Å². The van der Waals surface area contributed by atoms with E-state index in [-0.39, 0.29) is 0 Å². The first-order valence-electron chi connectivity index (χ1n) is 5.85. The lowest BCUT2D eigenvalue weighted by Gasteiger charge is -2.15. The minimum atomic E-state index is -0.497. The van der Waals surface area contributed by atoms with E-state index >= 15 is 0 Å². The minimum absolute atomic E-state index is 0.344. The van der Waals surface area contributed by atoms with E-state index in [0.717, 1.165) is 0 Å². The van der Waals surface area contributed by atoms with Gasteiger partial charge in [-0.1, -0.05) is 13.8 Å². The van der Waals surface area contributed by atoms with E-state index in [9.17, 15) is 4.79 Å². The number of hydrogen-bond acceptors (Lipinski definition) is 5. The Hall–Kier alpha value is -1.53. The predicted octanol–water partition coefficient (Wildman–Crippen LogP) is 1.47. The third-order valence-corrected chi connectivity index (χ3v) is 2.02. The number of aromatic nitrogens is 2. The first-order chi connectivity index (χ1) is 8.49. The van der Waals surface area contributed by atoms with Crippen molar-refractivity contribution in [1.82, 2.24) is 15.4 Å². The van der Waals surface area contributed by atoms with Crippen LogP contribution in [0.2, 0.25) is 0 Å². The highest BCUT2D eigenvalue weighted by molar-refractivity contribution is 5.92. The maximum atomic E-state index is 11.6. The van der Waals surface area contributed by atoms with E-state index in [1.54, 1.807) is 13.8 Å². The van der Waals surface area contributed by atoms with Crippen LogP contribution in [0, 0.1) is 12.8 Å². The molecule has 0 fully saturated rings. The smallest absolute Gasteiger partial charge is 0.278 e. The lowest BCUT2D eigenvalue weighted by atomic mass is 10.2. The topological polar surface area (TPSA) is 73.3 Å². The minimum Gasteiger partial charge on any atom is -0.350 e. The van der Waals surface area contributed by atoms with E-state index in [1.165, 1.54) is 12.4 Å². The quantitative estimate of drug-likeness (QED) is 0.614. The highest BCUT2D eigenvalue weighted by Crippen LogP contribution is 1.99. The van der Waals surface area contributed by atoms with Crippen LogP contribution in [0.1, 0.15) is 37.0 Å². The molecule has 0 aromatic carbocycles. The number of aryl methyl sites for hydroxylation is 1. The van der Waals surface area contributed by atoms with Crippen molar-refractivity contribution in [3.05, 3.63) is 23.8 Å². The van der Waals surface area contributed by atoms with Gasteiger partial charge in [0, 0.05) is 12.4 Å². The Bertz CT molecular complexity index is 379. The third-order valence-electron chi connectivity index (χ3n) is 2.02. The lowest BCUT2D eigenvalue weighted by molar-refractivity contribution is -0.163. The van der Waals surface area contributed by atoms with E-state index in [2.05, 4.69) is 15.4 Å². The van der Waals surface area contributed by atoms with Crippen LogP contribution in [0.4, 0.5) is 0 Å². The van der Waals surface area contributed by atoms with Gasteiger partial charge < -0.3 is 4.74 Å². The van der Waals surface area contributed by atoms with Crippen molar-refractivity contribution in [3.8, 4) is 0 Å². The van der Waals surface area contributed by atoms with Crippen molar-refractivity contribution in [2.75, 3.05) is 6.61 Å². The van der Waals surface area contributed by atoms with Crippen LogP contribution < -0.4 is 5.48 Å². The number of amides is 1. The van der Waals surface area contributed by atoms with Gasteiger partial charge in [-0.25, -0.2) is 20.3 Å². The molecule has 6 heteroatoms. The van der Waals surface area contributed by atoms with Gasteiger partial charge in [0.15, 0.2) is 6.29 Å². The number of carbonyl (C=O) groups is 1. The van der Waals surface area contributed by atoms with Gasteiger partial charge in [-0.15, -0.1) is 0 Å². The molecule has 0 aliphatic heterocycles. The van der Waals surface area contributed by atoms with Crippen molar-refractivity contribution in [3.63, 3.8) is 0 Å². The molecular formula is C12H19N3O3. The number of rotatable bonds is 6. The van der Waals surface area contributed by atoms with E-state index in [4.69, 9.17) is 9.57 Å². The molecule has 0 saturated carbocycles. The third kappa shape index (κ3) is 5.20. The van der Waals surface area contributed by atoms with Gasteiger partial charge in [0.25, 0.3) is 5.91 Å². The number of hydrogen-bond donors (Lipinski definition) is 1. The van der Waals surface area contributed by atoms with Crippen molar-refractivity contribution < 1.29 is 14.4 Å². The van der Waals surface area contributed by atoms with E-state index in [1.807, 2.05) is 13.8 Å². The van der Waals surface area contributed by atoms with Gasteiger partial charge >= 0.3 is 0 Å². The summed E-state index contributed by atoms with van der Waals surface area (Å²) in [5, 5.41) is 0. The monoisotopic (exact) mass is 253 g/mol. The molecule has 0 aliphatic carbocycles. The van der Waals surface area contributed by atoms with E-state index < -0.39 is 12.2 Å². The first kappa shape index (κ1) is 14.5. The van der Waals surface area contributed by atoms with Crippen LogP contribution in [-0.4, -0.2) is 28.8 Å². The van der Waals surface area contributed by atoms with Crippen molar-refractivity contribution in [1.29, 1.82) is 0 Å². The summed E-state index contributed by atoms with van der Waals surface area (Å²) in [6.07, 6.45) is 2.39. The molecule has 1 unspecified atom stereocenters. The molecule has 1 rings (SSSR count). The fraction of sp³-hybridized carbons (Fsp3) is 0.583. The van der Waals surface area contributed by atoms with Crippen LogP contribution in [0.15, 0.2) is 12.4 Å². The Balaban J connectivity index is 2.34. The molecule has 0 aliphatic rings. The molecule has 1 aromatic rings. The van der Waals surface area contributed by atoms with E-state index in [0.29, 0.717) is 23.9 Å². The second kappa shape index (κ2) is 7.03. The molecule has 1 atom stereocenters. The Kier molecular flexibility index (Phi) is 5.67. The zero-order chi connectivity index (χ0) is 13.5. The number of carbonyl (C=O) groups excluding carboxylic acids is 1. The second-order valence-electron chi connectivity index (χ2n) is 4.36. The average Bonchev–Trinajstić information content (AvgIpc) is 2.34. The molecule has 1 N–H and O–H groups in total. The average molecular weight is 253 g/mol. The lowest BCUT2D eigenvalue weighted by Crippen LogP contribution is -2.30.